The molecule has 2 amide bonds. The van der Waals surface area contributed by atoms with Crippen LogP contribution in [0.5, 0.6) is 0 Å². The van der Waals surface area contributed by atoms with Crippen molar-refractivity contribution >= 4 is 35.0 Å². The number of carbonyl (C=O) groups is 2. The van der Waals surface area contributed by atoms with Crippen LogP contribution in [0, 0.1) is 0 Å². The summed E-state index contributed by atoms with van der Waals surface area (Å²) in [4.78, 5) is 23.8. The van der Waals surface area contributed by atoms with Gasteiger partial charge in [0.2, 0.25) is 0 Å². The van der Waals surface area contributed by atoms with E-state index in [9.17, 15) is 9.59 Å². The molecule has 2 rings (SSSR count). The van der Waals surface area contributed by atoms with E-state index in [1.54, 1.807) is 18.2 Å². The lowest BCUT2D eigenvalue weighted by atomic mass is 10.2. The van der Waals surface area contributed by atoms with E-state index in [0.29, 0.717) is 15.6 Å². The summed E-state index contributed by atoms with van der Waals surface area (Å²) in [5, 5.41) is 0.780. The Bertz CT molecular complexity index is 479. The summed E-state index contributed by atoms with van der Waals surface area (Å²) in [5.74, 6) is -0.665. The van der Waals surface area contributed by atoms with Crippen molar-refractivity contribution in [1.29, 1.82) is 0 Å². The topological polar surface area (TPSA) is 37.4 Å². The minimum absolute atomic E-state index is 0.143. The second kappa shape index (κ2) is 4.28. The summed E-state index contributed by atoms with van der Waals surface area (Å²) in [6.45, 7) is 0.143. The maximum Gasteiger partial charge on any atom is 0.253 e. The molecule has 0 unspecified atom stereocenters. The summed E-state index contributed by atoms with van der Waals surface area (Å²) in [6, 6.07) is 5.11. The van der Waals surface area contributed by atoms with Gasteiger partial charge >= 0.3 is 0 Å². The Morgan fingerprint density at radius 1 is 1.06 bits per heavy atom. The Morgan fingerprint density at radius 3 is 2.31 bits per heavy atom. The highest BCUT2D eigenvalue weighted by Gasteiger charge is 2.24. The SMILES string of the molecule is O=C1C=CC(=O)N1Cc1cccc(Cl)c1Cl. The highest BCUT2D eigenvalue weighted by Crippen LogP contribution is 2.27. The Balaban J connectivity index is 2.25. The third-order valence-electron chi connectivity index (χ3n) is 2.26. The highest BCUT2D eigenvalue weighted by atomic mass is 35.5. The van der Waals surface area contributed by atoms with E-state index in [1.165, 1.54) is 12.2 Å². The quantitative estimate of drug-likeness (QED) is 0.762. The molecule has 0 fully saturated rings. The van der Waals surface area contributed by atoms with E-state index in [4.69, 9.17) is 23.2 Å². The molecule has 0 atom stereocenters. The molecule has 1 aliphatic rings. The first-order valence-corrected chi connectivity index (χ1v) is 5.31. The molecule has 0 spiro atoms. The number of amides is 2. The van der Waals surface area contributed by atoms with Gasteiger partial charge < -0.3 is 0 Å². The van der Waals surface area contributed by atoms with Crippen LogP contribution in [-0.4, -0.2) is 16.7 Å². The van der Waals surface area contributed by atoms with Crippen LogP contribution >= 0.6 is 23.2 Å². The molecule has 5 heteroatoms. The molecule has 0 aliphatic carbocycles. The number of benzene rings is 1. The standard InChI is InChI=1S/C11H7Cl2NO2/c12-8-3-1-2-7(11(8)13)6-14-9(15)4-5-10(14)16/h1-5H,6H2. The van der Waals surface area contributed by atoms with Gasteiger partial charge in [0.25, 0.3) is 11.8 Å². The van der Waals surface area contributed by atoms with Crippen molar-refractivity contribution in [3.63, 3.8) is 0 Å². The van der Waals surface area contributed by atoms with Crippen molar-refractivity contribution in [3.8, 4) is 0 Å². The largest absolute Gasteiger partial charge is 0.271 e. The minimum Gasteiger partial charge on any atom is -0.271 e. The van der Waals surface area contributed by atoms with Gasteiger partial charge in [-0.15, -0.1) is 0 Å². The first-order chi connectivity index (χ1) is 7.59. The summed E-state index contributed by atoms with van der Waals surface area (Å²) < 4.78 is 0. The molecule has 1 heterocycles. The Labute approximate surface area is 102 Å². The molecule has 1 aromatic rings. The van der Waals surface area contributed by atoms with Gasteiger partial charge in [-0.2, -0.15) is 0 Å². The smallest absolute Gasteiger partial charge is 0.253 e. The zero-order valence-corrected chi connectivity index (χ0v) is 9.63. The fourth-order valence-corrected chi connectivity index (χ4v) is 1.81. The van der Waals surface area contributed by atoms with E-state index in [2.05, 4.69) is 0 Å². The van der Waals surface area contributed by atoms with Gasteiger partial charge in [-0.25, -0.2) is 0 Å². The van der Waals surface area contributed by atoms with Crippen LogP contribution in [0.3, 0.4) is 0 Å². The third kappa shape index (κ3) is 1.96. The lowest BCUT2D eigenvalue weighted by Gasteiger charge is -2.14. The average Bonchev–Trinajstić information content (AvgIpc) is 2.56. The zero-order chi connectivity index (χ0) is 11.7. The lowest BCUT2D eigenvalue weighted by Crippen LogP contribution is -2.29. The molecule has 0 saturated heterocycles. The molecule has 3 nitrogen and oxygen atoms in total. The van der Waals surface area contributed by atoms with Crippen LogP contribution < -0.4 is 0 Å². The number of rotatable bonds is 2. The van der Waals surface area contributed by atoms with Crippen molar-refractivity contribution in [2.24, 2.45) is 0 Å². The maximum absolute atomic E-state index is 11.3. The lowest BCUT2D eigenvalue weighted by molar-refractivity contribution is -0.137. The van der Waals surface area contributed by atoms with Crippen molar-refractivity contribution < 1.29 is 9.59 Å². The maximum atomic E-state index is 11.3. The normalized spacial score (nSPS) is 15.0. The first kappa shape index (κ1) is 11.2. The van der Waals surface area contributed by atoms with Gasteiger partial charge in [-0.1, -0.05) is 35.3 Å². The zero-order valence-electron chi connectivity index (χ0n) is 8.11. The molecule has 82 valence electrons. The van der Waals surface area contributed by atoms with Gasteiger partial charge in [-0.05, 0) is 11.6 Å². The predicted octanol–water partition coefficient (Wildman–Crippen LogP) is 2.42. The molecular formula is C11H7Cl2NO2. The monoisotopic (exact) mass is 255 g/mol. The van der Waals surface area contributed by atoms with E-state index >= 15 is 0 Å². The number of nitrogens with zero attached hydrogens (tertiary/aromatic N) is 1. The molecular weight excluding hydrogens is 249 g/mol. The molecule has 0 aromatic heterocycles. The van der Waals surface area contributed by atoms with Gasteiger partial charge in [0.05, 0.1) is 16.6 Å². The summed E-state index contributed by atoms with van der Waals surface area (Å²) >= 11 is 11.8. The molecule has 0 radical (unpaired) electrons. The summed E-state index contributed by atoms with van der Waals surface area (Å²) in [5.41, 5.74) is 0.652. The fourth-order valence-electron chi connectivity index (χ4n) is 1.43. The average molecular weight is 256 g/mol. The molecule has 16 heavy (non-hydrogen) atoms. The van der Waals surface area contributed by atoms with E-state index in [0.717, 1.165) is 4.90 Å². The van der Waals surface area contributed by atoms with Crippen molar-refractivity contribution in [1.82, 2.24) is 4.90 Å². The van der Waals surface area contributed by atoms with Gasteiger partial charge in [-0.3, -0.25) is 14.5 Å². The predicted molar refractivity (Wildman–Crippen MR) is 61.2 cm³/mol. The number of hydrogen-bond acceptors (Lipinski definition) is 2. The first-order valence-electron chi connectivity index (χ1n) is 4.56. The number of hydrogen-bond donors (Lipinski definition) is 0. The van der Waals surface area contributed by atoms with Crippen LogP contribution in [0.1, 0.15) is 5.56 Å². The number of carbonyl (C=O) groups excluding carboxylic acids is 2. The van der Waals surface area contributed by atoms with Crippen molar-refractivity contribution in [2.75, 3.05) is 0 Å². The molecule has 1 aromatic carbocycles. The Kier molecular flexibility index (Phi) is 2.99. The fraction of sp³-hybridized carbons (Fsp3) is 0.0909. The molecule has 0 N–H and O–H groups in total. The van der Waals surface area contributed by atoms with E-state index < -0.39 is 0 Å². The molecule has 1 aliphatic heterocycles. The molecule has 0 saturated carbocycles. The second-order valence-electron chi connectivity index (χ2n) is 3.31. The van der Waals surface area contributed by atoms with Crippen LogP contribution in [0.25, 0.3) is 0 Å². The van der Waals surface area contributed by atoms with E-state index in [-0.39, 0.29) is 18.4 Å². The number of halogens is 2. The Hall–Kier alpha value is -1.32. The van der Waals surface area contributed by atoms with Crippen LogP contribution in [0.2, 0.25) is 10.0 Å². The Morgan fingerprint density at radius 2 is 1.69 bits per heavy atom. The van der Waals surface area contributed by atoms with Gasteiger partial charge in [0.15, 0.2) is 0 Å². The highest BCUT2D eigenvalue weighted by molar-refractivity contribution is 6.42. The number of imide groups is 1. The minimum atomic E-state index is -0.332. The van der Waals surface area contributed by atoms with Gasteiger partial charge in [0, 0.05) is 12.2 Å². The third-order valence-corrected chi connectivity index (χ3v) is 3.12. The van der Waals surface area contributed by atoms with E-state index in [1.807, 2.05) is 0 Å². The van der Waals surface area contributed by atoms with Crippen LogP contribution in [-0.2, 0) is 16.1 Å². The second-order valence-corrected chi connectivity index (χ2v) is 4.09. The van der Waals surface area contributed by atoms with Crippen molar-refractivity contribution in [2.45, 2.75) is 6.54 Å². The summed E-state index contributed by atoms with van der Waals surface area (Å²) in [7, 11) is 0. The van der Waals surface area contributed by atoms with Gasteiger partial charge in [0.1, 0.15) is 0 Å². The van der Waals surface area contributed by atoms with Crippen LogP contribution in [0.4, 0.5) is 0 Å². The summed E-state index contributed by atoms with van der Waals surface area (Å²) in [6.07, 6.45) is 2.47. The van der Waals surface area contributed by atoms with Crippen LogP contribution in [0.15, 0.2) is 30.4 Å². The van der Waals surface area contributed by atoms with Crippen molar-refractivity contribution in [3.05, 3.63) is 46.0 Å². The molecule has 0 bridgehead atoms.